The molecule has 0 aliphatic carbocycles. The lowest BCUT2D eigenvalue weighted by molar-refractivity contribution is 0.322. The summed E-state index contributed by atoms with van der Waals surface area (Å²) in [6.07, 6.45) is 0. The number of para-hydroxylation sites is 1. The number of hydrogen-bond acceptors (Lipinski definition) is 2. The molecule has 0 fully saturated rings. The highest BCUT2D eigenvalue weighted by molar-refractivity contribution is 14.0. The third-order valence-corrected chi connectivity index (χ3v) is 3.12. The van der Waals surface area contributed by atoms with Gasteiger partial charge in [-0.25, -0.2) is 9.38 Å². The van der Waals surface area contributed by atoms with Crippen LogP contribution in [-0.4, -0.2) is 25.7 Å². The Balaban J connectivity index is 0.00000288. The maximum Gasteiger partial charge on any atom is 0.191 e. The molecule has 24 heavy (non-hydrogen) atoms. The van der Waals surface area contributed by atoms with Crippen LogP contribution in [0.25, 0.3) is 0 Å². The minimum atomic E-state index is -0.237. The third kappa shape index (κ3) is 7.16. The van der Waals surface area contributed by atoms with E-state index >= 15 is 0 Å². The molecule has 2 aromatic carbocycles. The maximum atomic E-state index is 13.6. The van der Waals surface area contributed by atoms with Gasteiger partial charge in [-0.05, 0) is 25.1 Å². The summed E-state index contributed by atoms with van der Waals surface area (Å²) in [5, 5.41) is 6.30. The molecule has 0 aromatic heterocycles. The van der Waals surface area contributed by atoms with Crippen LogP contribution in [-0.2, 0) is 6.54 Å². The van der Waals surface area contributed by atoms with Gasteiger partial charge in [-0.3, -0.25) is 0 Å². The lowest BCUT2D eigenvalue weighted by Gasteiger charge is -2.12. The zero-order valence-corrected chi connectivity index (χ0v) is 16.0. The summed E-state index contributed by atoms with van der Waals surface area (Å²) >= 11 is 0. The summed E-state index contributed by atoms with van der Waals surface area (Å²) in [6, 6.07) is 16.3. The fourth-order valence-electron chi connectivity index (χ4n) is 1.99. The van der Waals surface area contributed by atoms with Gasteiger partial charge in [0.2, 0.25) is 0 Å². The first-order valence-electron chi connectivity index (χ1n) is 7.73. The van der Waals surface area contributed by atoms with Gasteiger partial charge >= 0.3 is 0 Å². The van der Waals surface area contributed by atoms with Gasteiger partial charge in [0.05, 0.1) is 13.1 Å². The van der Waals surface area contributed by atoms with Gasteiger partial charge in [-0.2, -0.15) is 0 Å². The molecule has 130 valence electrons. The van der Waals surface area contributed by atoms with Crippen molar-refractivity contribution >= 4 is 29.9 Å². The molecule has 0 bridgehead atoms. The Morgan fingerprint density at radius 2 is 1.75 bits per heavy atom. The Bertz CT molecular complexity index is 623. The van der Waals surface area contributed by atoms with E-state index in [1.54, 1.807) is 12.1 Å². The van der Waals surface area contributed by atoms with Crippen LogP contribution >= 0.6 is 24.0 Å². The second-order valence-electron chi connectivity index (χ2n) is 4.87. The zero-order valence-electron chi connectivity index (χ0n) is 13.7. The van der Waals surface area contributed by atoms with E-state index in [-0.39, 0.29) is 29.8 Å². The van der Waals surface area contributed by atoms with Crippen LogP contribution in [0.15, 0.2) is 59.6 Å². The Kier molecular flexibility index (Phi) is 9.83. The number of benzene rings is 2. The minimum absolute atomic E-state index is 0. The molecule has 0 aliphatic heterocycles. The standard InChI is InChI=1S/C18H22FN3O.HI/c1-2-20-18(22-14-15-8-6-7-11-17(15)19)21-12-13-23-16-9-4-3-5-10-16;/h3-11H,2,12-14H2,1H3,(H2,20,21,22);1H. The van der Waals surface area contributed by atoms with E-state index in [4.69, 9.17) is 4.74 Å². The molecule has 2 aromatic rings. The number of rotatable bonds is 7. The topological polar surface area (TPSA) is 45.7 Å². The fraction of sp³-hybridized carbons (Fsp3) is 0.278. The monoisotopic (exact) mass is 443 g/mol. The molecule has 0 atom stereocenters. The molecule has 2 N–H and O–H groups in total. The number of hydrogen-bond donors (Lipinski definition) is 2. The molecule has 2 rings (SSSR count). The van der Waals surface area contributed by atoms with E-state index in [0.29, 0.717) is 31.2 Å². The van der Waals surface area contributed by atoms with E-state index in [1.165, 1.54) is 6.07 Å². The van der Waals surface area contributed by atoms with Gasteiger partial charge in [-0.1, -0.05) is 36.4 Å². The quantitative estimate of drug-likeness (QED) is 0.298. The lowest BCUT2D eigenvalue weighted by Crippen LogP contribution is -2.39. The summed E-state index contributed by atoms with van der Waals surface area (Å²) in [7, 11) is 0. The van der Waals surface area contributed by atoms with E-state index in [2.05, 4.69) is 15.6 Å². The predicted octanol–water partition coefficient (Wildman–Crippen LogP) is 3.58. The number of nitrogens with one attached hydrogen (secondary N) is 2. The highest BCUT2D eigenvalue weighted by atomic mass is 127. The molecule has 0 saturated carbocycles. The summed E-state index contributed by atoms with van der Waals surface area (Å²) < 4.78 is 19.2. The van der Waals surface area contributed by atoms with Crippen LogP contribution in [0.2, 0.25) is 0 Å². The first-order valence-corrected chi connectivity index (χ1v) is 7.73. The Morgan fingerprint density at radius 3 is 2.46 bits per heavy atom. The average molecular weight is 443 g/mol. The molecular weight excluding hydrogens is 420 g/mol. The van der Waals surface area contributed by atoms with Gasteiger partial charge < -0.3 is 15.4 Å². The Labute approximate surface area is 159 Å². The molecule has 4 nitrogen and oxygen atoms in total. The number of guanidine groups is 1. The van der Waals surface area contributed by atoms with Gasteiger partial charge in [0.1, 0.15) is 18.2 Å². The van der Waals surface area contributed by atoms with Crippen LogP contribution in [0.3, 0.4) is 0 Å². The van der Waals surface area contributed by atoms with E-state index in [0.717, 1.165) is 12.3 Å². The van der Waals surface area contributed by atoms with Crippen LogP contribution in [0, 0.1) is 5.82 Å². The van der Waals surface area contributed by atoms with Crippen molar-refractivity contribution in [2.45, 2.75) is 13.5 Å². The second kappa shape index (κ2) is 11.7. The van der Waals surface area contributed by atoms with Crippen molar-refractivity contribution in [2.75, 3.05) is 19.7 Å². The normalized spacial score (nSPS) is 10.7. The van der Waals surface area contributed by atoms with E-state index in [9.17, 15) is 4.39 Å². The number of halogens is 2. The molecule has 6 heteroatoms. The van der Waals surface area contributed by atoms with Crippen LogP contribution in [0.4, 0.5) is 4.39 Å². The summed E-state index contributed by atoms with van der Waals surface area (Å²) in [6.45, 7) is 4.15. The minimum Gasteiger partial charge on any atom is -0.492 e. The molecule has 0 heterocycles. The molecule has 0 spiro atoms. The van der Waals surface area contributed by atoms with Crippen LogP contribution in [0.5, 0.6) is 5.75 Å². The lowest BCUT2D eigenvalue weighted by atomic mass is 10.2. The first-order chi connectivity index (χ1) is 11.3. The summed E-state index contributed by atoms with van der Waals surface area (Å²) in [5.74, 6) is 1.24. The van der Waals surface area contributed by atoms with Crippen molar-refractivity contribution in [3.8, 4) is 5.75 Å². The number of nitrogens with zero attached hydrogens (tertiary/aromatic N) is 1. The van der Waals surface area contributed by atoms with Gasteiger partial charge in [0.25, 0.3) is 0 Å². The number of aliphatic imine (C=N–C) groups is 1. The maximum absolute atomic E-state index is 13.6. The van der Waals surface area contributed by atoms with Gasteiger partial charge in [-0.15, -0.1) is 24.0 Å². The predicted molar refractivity (Wildman–Crippen MR) is 107 cm³/mol. The first kappa shape index (κ1) is 20.2. The van der Waals surface area contributed by atoms with Crippen LogP contribution in [0.1, 0.15) is 12.5 Å². The number of ether oxygens (including phenoxy) is 1. The van der Waals surface area contributed by atoms with Crippen molar-refractivity contribution in [2.24, 2.45) is 4.99 Å². The van der Waals surface area contributed by atoms with E-state index in [1.807, 2.05) is 43.3 Å². The molecular formula is C18H23FIN3O. The SMILES string of the molecule is CCNC(=NCc1ccccc1F)NCCOc1ccccc1.I. The largest absolute Gasteiger partial charge is 0.492 e. The third-order valence-electron chi connectivity index (χ3n) is 3.12. The molecule has 0 radical (unpaired) electrons. The zero-order chi connectivity index (χ0) is 16.3. The van der Waals surface area contributed by atoms with Crippen molar-refractivity contribution < 1.29 is 9.13 Å². The van der Waals surface area contributed by atoms with Crippen LogP contribution < -0.4 is 15.4 Å². The highest BCUT2D eigenvalue weighted by Crippen LogP contribution is 2.08. The molecule has 0 amide bonds. The highest BCUT2D eigenvalue weighted by Gasteiger charge is 2.01. The fourth-order valence-corrected chi connectivity index (χ4v) is 1.99. The van der Waals surface area contributed by atoms with Crippen molar-refractivity contribution in [1.29, 1.82) is 0 Å². The van der Waals surface area contributed by atoms with Gasteiger partial charge in [0, 0.05) is 12.1 Å². The van der Waals surface area contributed by atoms with Gasteiger partial charge in [0.15, 0.2) is 5.96 Å². The van der Waals surface area contributed by atoms with Crippen molar-refractivity contribution in [1.82, 2.24) is 10.6 Å². The molecule has 0 saturated heterocycles. The summed E-state index contributed by atoms with van der Waals surface area (Å²) in [5.41, 5.74) is 0.574. The molecule has 0 aliphatic rings. The molecule has 0 unspecified atom stereocenters. The van der Waals surface area contributed by atoms with E-state index < -0.39 is 0 Å². The van der Waals surface area contributed by atoms with Crippen molar-refractivity contribution in [3.05, 3.63) is 66.0 Å². The average Bonchev–Trinajstić information content (AvgIpc) is 2.58. The summed E-state index contributed by atoms with van der Waals surface area (Å²) in [4.78, 5) is 4.39. The smallest absolute Gasteiger partial charge is 0.191 e. The Hall–Kier alpha value is -1.83. The second-order valence-corrected chi connectivity index (χ2v) is 4.87. The Morgan fingerprint density at radius 1 is 1.04 bits per heavy atom. The van der Waals surface area contributed by atoms with Crippen molar-refractivity contribution in [3.63, 3.8) is 0 Å².